The fourth-order valence-electron chi connectivity index (χ4n) is 4.01. The summed E-state index contributed by atoms with van der Waals surface area (Å²) in [5, 5.41) is 10.7. The maximum absolute atomic E-state index is 12.6. The van der Waals surface area contributed by atoms with Gasteiger partial charge in [-0.2, -0.15) is 0 Å². The number of anilines is 2. The lowest BCUT2D eigenvalue weighted by atomic mass is 9.87. The SMILES string of the molecule is COc1ccc(C(C)(C)C)cc1Nc1ccc(C)c(-c2cc(C(=O)NC3CCOCC3)on2)c1. The second kappa shape index (κ2) is 9.89. The molecule has 7 nitrogen and oxygen atoms in total. The number of amides is 1. The highest BCUT2D eigenvalue weighted by molar-refractivity contribution is 5.92. The molecular formula is C27H33N3O4. The zero-order valence-corrected chi connectivity index (χ0v) is 20.5. The summed E-state index contributed by atoms with van der Waals surface area (Å²) in [6.45, 7) is 9.88. The van der Waals surface area contributed by atoms with E-state index in [1.165, 1.54) is 5.56 Å². The molecule has 180 valence electrons. The van der Waals surface area contributed by atoms with Crippen LogP contribution >= 0.6 is 0 Å². The molecule has 7 heteroatoms. The fraction of sp³-hybridized carbons (Fsp3) is 0.407. The molecule has 0 bridgehead atoms. The van der Waals surface area contributed by atoms with Crippen molar-refractivity contribution in [3.63, 3.8) is 0 Å². The summed E-state index contributed by atoms with van der Waals surface area (Å²) in [6, 6.07) is 14.0. The zero-order chi connectivity index (χ0) is 24.3. The molecule has 1 fully saturated rings. The Hall–Kier alpha value is -3.32. The number of rotatable bonds is 6. The van der Waals surface area contributed by atoms with E-state index in [0.29, 0.717) is 18.9 Å². The molecule has 1 aliphatic rings. The minimum Gasteiger partial charge on any atom is -0.495 e. The van der Waals surface area contributed by atoms with Crippen LogP contribution in [-0.4, -0.2) is 37.4 Å². The molecule has 1 saturated heterocycles. The number of hydrogen-bond donors (Lipinski definition) is 2. The molecule has 2 N–H and O–H groups in total. The Kier molecular flexibility index (Phi) is 6.93. The summed E-state index contributed by atoms with van der Waals surface area (Å²) in [5.74, 6) is 0.726. The smallest absolute Gasteiger partial charge is 0.290 e. The number of nitrogens with one attached hydrogen (secondary N) is 2. The van der Waals surface area contributed by atoms with Crippen LogP contribution in [0.3, 0.4) is 0 Å². The van der Waals surface area contributed by atoms with Gasteiger partial charge in [0.1, 0.15) is 11.4 Å². The summed E-state index contributed by atoms with van der Waals surface area (Å²) in [7, 11) is 1.67. The third-order valence-electron chi connectivity index (χ3n) is 6.15. The molecule has 34 heavy (non-hydrogen) atoms. The van der Waals surface area contributed by atoms with Gasteiger partial charge in [-0.25, -0.2) is 0 Å². The highest BCUT2D eigenvalue weighted by Crippen LogP contribution is 2.35. The number of carbonyl (C=O) groups is 1. The fourth-order valence-corrected chi connectivity index (χ4v) is 4.01. The third kappa shape index (κ3) is 5.42. The highest BCUT2D eigenvalue weighted by atomic mass is 16.5. The molecule has 1 amide bonds. The van der Waals surface area contributed by atoms with Gasteiger partial charge in [-0.15, -0.1) is 0 Å². The van der Waals surface area contributed by atoms with Gasteiger partial charge in [-0.05, 0) is 60.6 Å². The first-order valence-electron chi connectivity index (χ1n) is 11.7. The molecule has 2 heterocycles. The molecule has 3 aromatic rings. The van der Waals surface area contributed by atoms with Crippen LogP contribution in [0, 0.1) is 6.92 Å². The van der Waals surface area contributed by atoms with Gasteiger partial charge in [-0.3, -0.25) is 4.79 Å². The van der Waals surface area contributed by atoms with E-state index in [1.54, 1.807) is 13.2 Å². The van der Waals surface area contributed by atoms with Crippen LogP contribution in [0.2, 0.25) is 0 Å². The Morgan fingerprint density at radius 2 is 1.85 bits per heavy atom. The van der Waals surface area contributed by atoms with E-state index in [2.05, 4.69) is 48.7 Å². The number of nitrogens with zero attached hydrogens (tertiary/aromatic N) is 1. The lowest BCUT2D eigenvalue weighted by Crippen LogP contribution is -2.38. The van der Waals surface area contributed by atoms with Gasteiger partial charge in [0, 0.05) is 36.6 Å². The topological polar surface area (TPSA) is 85.6 Å². The molecule has 1 aromatic heterocycles. The van der Waals surface area contributed by atoms with Crippen molar-refractivity contribution in [2.75, 3.05) is 25.6 Å². The second-order valence-corrected chi connectivity index (χ2v) is 9.76. The van der Waals surface area contributed by atoms with Crippen LogP contribution in [0.1, 0.15) is 55.3 Å². The van der Waals surface area contributed by atoms with Gasteiger partial charge in [0.25, 0.3) is 5.91 Å². The maximum atomic E-state index is 12.6. The largest absolute Gasteiger partial charge is 0.495 e. The average Bonchev–Trinajstić information content (AvgIpc) is 3.31. The zero-order valence-electron chi connectivity index (χ0n) is 20.5. The summed E-state index contributed by atoms with van der Waals surface area (Å²) >= 11 is 0. The summed E-state index contributed by atoms with van der Waals surface area (Å²) in [4.78, 5) is 12.6. The average molecular weight is 464 g/mol. The predicted octanol–water partition coefficient (Wildman–Crippen LogP) is 5.61. The number of carbonyl (C=O) groups excluding carboxylic acids is 1. The summed E-state index contributed by atoms with van der Waals surface area (Å²) in [6.07, 6.45) is 1.61. The van der Waals surface area contributed by atoms with Crippen LogP contribution in [0.5, 0.6) is 5.75 Å². The predicted molar refractivity (Wildman–Crippen MR) is 133 cm³/mol. The molecule has 4 rings (SSSR count). The minimum absolute atomic E-state index is 0.0173. The molecule has 1 aliphatic heterocycles. The molecule has 0 radical (unpaired) electrons. The molecular weight excluding hydrogens is 430 g/mol. The van der Waals surface area contributed by atoms with Crippen LogP contribution in [0.15, 0.2) is 47.0 Å². The molecule has 0 aliphatic carbocycles. The van der Waals surface area contributed by atoms with Crippen molar-refractivity contribution in [3.8, 4) is 17.0 Å². The van der Waals surface area contributed by atoms with E-state index in [1.807, 2.05) is 31.2 Å². The first kappa shape index (κ1) is 23.8. The monoisotopic (exact) mass is 463 g/mol. The second-order valence-electron chi connectivity index (χ2n) is 9.76. The van der Waals surface area contributed by atoms with Crippen LogP contribution in [0.25, 0.3) is 11.3 Å². The highest BCUT2D eigenvalue weighted by Gasteiger charge is 2.21. The number of aryl methyl sites for hydroxylation is 1. The minimum atomic E-state index is -0.249. The number of aromatic nitrogens is 1. The molecule has 2 aromatic carbocycles. The van der Waals surface area contributed by atoms with Gasteiger partial charge in [0.05, 0.1) is 12.8 Å². The number of ether oxygens (including phenoxy) is 2. The number of benzene rings is 2. The Bertz CT molecular complexity index is 1160. The molecule has 0 saturated carbocycles. The Balaban J connectivity index is 1.56. The molecule has 0 spiro atoms. The van der Waals surface area contributed by atoms with Gasteiger partial charge in [0.2, 0.25) is 5.76 Å². The van der Waals surface area contributed by atoms with E-state index >= 15 is 0 Å². The van der Waals surface area contributed by atoms with Gasteiger partial charge in [0.15, 0.2) is 0 Å². The van der Waals surface area contributed by atoms with E-state index in [-0.39, 0.29) is 23.1 Å². The molecule has 0 unspecified atom stereocenters. The van der Waals surface area contributed by atoms with Crippen LogP contribution in [0.4, 0.5) is 11.4 Å². The van der Waals surface area contributed by atoms with E-state index < -0.39 is 0 Å². The Morgan fingerprint density at radius 1 is 1.09 bits per heavy atom. The van der Waals surface area contributed by atoms with Crippen molar-refractivity contribution in [2.45, 2.75) is 52.0 Å². The van der Waals surface area contributed by atoms with E-state index in [4.69, 9.17) is 14.0 Å². The standard InChI is InChI=1S/C27H33N3O4/c1-17-6-8-20(28-23-14-18(27(2,3)4)7-9-24(23)32-5)15-21(17)22-16-25(34-30-22)26(31)29-19-10-12-33-13-11-19/h6-9,14-16,19,28H,10-13H2,1-5H3,(H,29,31). The van der Waals surface area contributed by atoms with Gasteiger partial charge >= 0.3 is 0 Å². The first-order valence-corrected chi connectivity index (χ1v) is 11.7. The van der Waals surface area contributed by atoms with Crippen molar-refractivity contribution in [1.29, 1.82) is 0 Å². The van der Waals surface area contributed by atoms with Gasteiger partial charge in [-0.1, -0.05) is 38.1 Å². The van der Waals surface area contributed by atoms with Crippen molar-refractivity contribution >= 4 is 17.3 Å². The Morgan fingerprint density at radius 3 is 2.56 bits per heavy atom. The Labute approximate surface area is 200 Å². The van der Waals surface area contributed by atoms with E-state index in [9.17, 15) is 4.79 Å². The number of hydrogen-bond acceptors (Lipinski definition) is 6. The lowest BCUT2D eigenvalue weighted by Gasteiger charge is -2.22. The van der Waals surface area contributed by atoms with Crippen molar-refractivity contribution in [3.05, 3.63) is 59.4 Å². The van der Waals surface area contributed by atoms with Crippen molar-refractivity contribution < 1.29 is 18.8 Å². The first-order chi connectivity index (χ1) is 16.2. The quantitative estimate of drug-likeness (QED) is 0.494. The lowest BCUT2D eigenvalue weighted by molar-refractivity contribution is 0.0679. The van der Waals surface area contributed by atoms with Crippen LogP contribution < -0.4 is 15.4 Å². The summed E-state index contributed by atoms with van der Waals surface area (Å²) in [5.41, 5.74) is 5.55. The molecule has 0 atom stereocenters. The van der Waals surface area contributed by atoms with E-state index in [0.717, 1.165) is 41.1 Å². The van der Waals surface area contributed by atoms with Crippen LogP contribution in [-0.2, 0) is 10.2 Å². The third-order valence-corrected chi connectivity index (χ3v) is 6.15. The summed E-state index contributed by atoms with van der Waals surface area (Å²) < 4.78 is 16.3. The van der Waals surface area contributed by atoms with Crippen molar-refractivity contribution in [2.24, 2.45) is 0 Å². The maximum Gasteiger partial charge on any atom is 0.290 e. The number of methoxy groups -OCH3 is 1. The van der Waals surface area contributed by atoms with Gasteiger partial charge < -0.3 is 24.6 Å². The van der Waals surface area contributed by atoms with Crippen molar-refractivity contribution in [1.82, 2.24) is 10.5 Å². The normalized spacial score (nSPS) is 14.6.